The van der Waals surface area contributed by atoms with E-state index in [-0.39, 0.29) is 18.2 Å². The molecule has 112 valence electrons. The third-order valence-corrected chi connectivity index (χ3v) is 4.03. The topological polar surface area (TPSA) is 78.9 Å². The summed E-state index contributed by atoms with van der Waals surface area (Å²) in [5.74, 6) is 0.810. The van der Waals surface area contributed by atoms with Gasteiger partial charge in [-0.05, 0) is 25.7 Å². The second kappa shape index (κ2) is 5.00. The lowest BCUT2D eigenvalue weighted by atomic mass is 9.83. The number of hydrogen-bond donors (Lipinski definition) is 2. The zero-order valence-electron chi connectivity index (χ0n) is 12.0. The molecule has 0 fully saturated rings. The van der Waals surface area contributed by atoms with E-state index in [0.29, 0.717) is 0 Å². The molecule has 1 atom stereocenters. The number of nitrogens with one attached hydrogen (secondary N) is 1. The summed E-state index contributed by atoms with van der Waals surface area (Å²) >= 11 is 0. The number of benzene rings is 1. The van der Waals surface area contributed by atoms with Gasteiger partial charge in [0.25, 0.3) is 0 Å². The molecule has 7 heteroatoms. The molecule has 0 bridgehead atoms. The van der Waals surface area contributed by atoms with Crippen LogP contribution in [0.2, 0.25) is 0 Å². The molecular weight excluding hydrogens is 280 g/mol. The van der Waals surface area contributed by atoms with Crippen molar-refractivity contribution in [1.29, 1.82) is 0 Å². The maximum absolute atomic E-state index is 10.7. The van der Waals surface area contributed by atoms with Crippen LogP contribution in [0.4, 0.5) is 0 Å². The lowest BCUT2D eigenvalue weighted by Gasteiger charge is -2.31. The Balaban J connectivity index is 2.28. The van der Waals surface area contributed by atoms with Crippen LogP contribution in [-0.2, 0) is 22.3 Å². The summed E-state index contributed by atoms with van der Waals surface area (Å²) < 4.78 is 38.1. The minimum absolute atomic E-state index is 0.0504. The van der Waals surface area contributed by atoms with Crippen LogP contribution in [0.15, 0.2) is 18.2 Å². The van der Waals surface area contributed by atoms with E-state index >= 15 is 0 Å². The number of fused-ring (bicyclic) bond motifs is 1. The van der Waals surface area contributed by atoms with E-state index in [9.17, 15) is 8.42 Å². The zero-order chi connectivity index (χ0) is 15.1. The van der Waals surface area contributed by atoms with Gasteiger partial charge in [-0.25, -0.2) is 0 Å². The highest BCUT2D eigenvalue weighted by Gasteiger charge is 2.42. The smallest absolute Gasteiger partial charge is 0.333 e. The van der Waals surface area contributed by atoms with E-state index in [1.54, 1.807) is 6.07 Å². The van der Waals surface area contributed by atoms with E-state index in [4.69, 9.17) is 9.29 Å². The van der Waals surface area contributed by atoms with Gasteiger partial charge in [-0.2, -0.15) is 13.1 Å². The van der Waals surface area contributed by atoms with Gasteiger partial charge in [0.2, 0.25) is 0 Å². The lowest BCUT2D eigenvalue weighted by molar-refractivity contribution is 0.0337. The number of rotatable bonds is 4. The Labute approximate surface area is 119 Å². The second-order valence-corrected chi connectivity index (χ2v) is 7.02. The average molecular weight is 300 g/mol. The molecule has 20 heavy (non-hydrogen) atoms. The molecule has 1 aromatic rings. The van der Waals surface area contributed by atoms with Crippen LogP contribution in [-0.4, -0.2) is 38.2 Å². The van der Waals surface area contributed by atoms with Gasteiger partial charge in [-0.3, -0.25) is 9.45 Å². The predicted molar refractivity (Wildman–Crippen MR) is 76.0 cm³/mol. The lowest BCUT2D eigenvalue weighted by Crippen LogP contribution is -2.43. The number of ether oxygens (including phenoxy) is 1. The van der Waals surface area contributed by atoms with Crippen LogP contribution >= 0.6 is 0 Å². The van der Waals surface area contributed by atoms with Crippen molar-refractivity contribution in [3.63, 3.8) is 0 Å². The standard InChI is InChI=1S/C13H20N2O4S/c1-13(2)10-7-9(8-14-20(16,17)18)5-6-11(10)19-12(13)15(3)4/h5-7,12,14H,8H2,1-4H3,(H,16,17,18). The molecule has 1 aromatic carbocycles. The number of hydrogen-bond acceptors (Lipinski definition) is 4. The summed E-state index contributed by atoms with van der Waals surface area (Å²) in [6.45, 7) is 4.22. The largest absolute Gasteiger partial charge is 0.474 e. The van der Waals surface area contributed by atoms with Crippen molar-refractivity contribution in [3.05, 3.63) is 29.3 Å². The van der Waals surface area contributed by atoms with Crippen molar-refractivity contribution in [2.75, 3.05) is 14.1 Å². The van der Waals surface area contributed by atoms with Gasteiger partial charge in [0, 0.05) is 17.5 Å². The summed E-state index contributed by atoms with van der Waals surface area (Å²) in [7, 11) is -0.264. The maximum atomic E-state index is 10.7. The van der Waals surface area contributed by atoms with E-state index < -0.39 is 10.3 Å². The van der Waals surface area contributed by atoms with Gasteiger partial charge >= 0.3 is 10.3 Å². The fourth-order valence-electron chi connectivity index (χ4n) is 2.62. The van der Waals surface area contributed by atoms with Gasteiger partial charge in [0.1, 0.15) is 5.75 Å². The molecule has 1 aliphatic rings. The molecule has 0 radical (unpaired) electrons. The molecule has 2 rings (SSSR count). The molecule has 0 aromatic heterocycles. The first-order valence-electron chi connectivity index (χ1n) is 6.30. The number of likely N-dealkylation sites (N-methyl/N-ethyl adjacent to an activating group) is 1. The predicted octanol–water partition coefficient (Wildman–Crippen LogP) is 1.14. The first-order chi connectivity index (χ1) is 9.11. The van der Waals surface area contributed by atoms with Crippen LogP contribution in [0.1, 0.15) is 25.0 Å². The molecule has 2 N–H and O–H groups in total. The van der Waals surface area contributed by atoms with Crippen LogP contribution in [0, 0.1) is 0 Å². The fourth-order valence-corrected chi connectivity index (χ4v) is 2.97. The minimum Gasteiger partial charge on any atom is -0.474 e. The highest BCUT2D eigenvalue weighted by Crippen LogP contribution is 2.43. The maximum Gasteiger partial charge on any atom is 0.333 e. The van der Waals surface area contributed by atoms with Gasteiger partial charge in [-0.1, -0.05) is 26.0 Å². The van der Waals surface area contributed by atoms with E-state index in [1.165, 1.54) is 0 Å². The van der Waals surface area contributed by atoms with E-state index in [2.05, 4.69) is 18.6 Å². The van der Waals surface area contributed by atoms with Crippen molar-refractivity contribution < 1.29 is 17.7 Å². The Bertz CT molecular complexity index is 611. The summed E-state index contributed by atoms with van der Waals surface area (Å²) in [5, 5.41) is 0. The van der Waals surface area contributed by atoms with Crippen LogP contribution in [0.25, 0.3) is 0 Å². The monoisotopic (exact) mass is 300 g/mol. The normalized spacial score (nSPS) is 20.8. The fraction of sp³-hybridized carbons (Fsp3) is 0.538. The molecule has 6 nitrogen and oxygen atoms in total. The van der Waals surface area contributed by atoms with Crippen LogP contribution in [0.5, 0.6) is 5.75 Å². The van der Waals surface area contributed by atoms with Crippen LogP contribution in [0.3, 0.4) is 0 Å². The molecule has 0 saturated carbocycles. The SMILES string of the molecule is CN(C)C1Oc2ccc(CNS(=O)(=O)O)cc2C1(C)C. The summed E-state index contributed by atoms with van der Waals surface area (Å²) in [6.07, 6.45) is -0.0673. The molecule has 0 aliphatic carbocycles. The molecule has 0 spiro atoms. The highest BCUT2D eigenvalue weighted by atomic mass is 32.2. The summed E-state index contributed by atoms with van der Waals surface area (Å²) in [4.78, 5) is 2.01. The van der Waals surface area contributed by atoms with Crippen molar-refractivity contribution in [2.24, 2.45) is 0 Å². The Kier molecular flexibility index (Phi) is 3.81. The minimum atomic E-state index is -4.18. The molecule has 1 aliphatic heterocycles. The van der Waals surface area contributed by atoms with Crippen molar-refractivity contribution in [1.82, 2.24) is 9.62 Å². The first-order valence-corrected chi connectivity index (χ1v) is 7.74. The van der Waals surface area contributed by atoms with Gasteiger partial charge < -0.3 is 4.74 Å². The molecule has 0 amide bonds. The van der Waals surface area contributed by atoms with Gasteiger partial charge in [0.15, 0.2) is 6.23 Å². The Morgan fingerprint density at radius 3 is 2.60 bits per heavy atom. The zero-order valence-corrected chi connectivity index (χ0v) is 12.9. The Morgan fingerprint density at radius 1 is 1.40 bits per heavy atom. The van der Waals surface area contributed by atoms with Crippen molar-refractivity contribution in [3.8, 4) is 5.75 Å². The first kappa shape index (κ1) is 15.2. The van der Waals surface area contributed by atoms with E-state index in [0.717, 1.165) is 16.9 Å². The third-order valence-electron chi connectivity index (χ3n) is 3.52. The molecule has 1 heterocycles. The summed E-state index contributed by atoms with van der Waals surface area (Å²) in [6, 6.07) is 5.53. The molecule has 1 unspecified atom stereocenters. The van der Waals surface area contributed by atoms with Crippen LogP contribution < -0.4 is 9.46 Å². The van der Waals surface area contributed by atoms with Crippen molar-refractivity contribution in [2.45, 2.75) is 32.0 Å². The van der Waals surface area contributed by atoms with Gasteiger partial charge in [-0.15, -0.1) is 0 Å². The van der Waals surface area contributed by atoms with Crippen molar-refractivity contribution >= 4 is 10.3 Å². The average Bonchev–Trinajstić information content (AvgIpc) is 2.58. The molecule has 0 saturated heterocycles. The number of nitrogens with zero attached hydrogens (tertiary/aromatic N) is 1. The quantitative estimate of drug-likeness (QED) is 0.815. The third kappa shape index (κ3) is 2.95. The van der Waals surface area contributed by atoms with E-state index in [1.807, 2.05) is 31.1 Å². The summed E-state index contributed by atoms with van der Waals surface area (Å²) in [5.41, 5.74) is 1.61. The Hall–Kier alpha value is -1.15. The highest BCUT2D eigenvalue weighted by molar-refractivity contribution is 7.83. The molecular formula is C13H20N2O4S. The second-order valence-electron chi connectivity index (χ2n) is 5.78. The van der Waals surface area contributed by atoms with Gasteiger partial charge in [0.05, 0.1) is 0 Å². The Morgan fingerprint density at radius 2 is 2.05 bits per heavy atom.